The third kappa shape index (κ3) is 4.89. The minimum Gasteiger partial charge on any atom is -0.363 e. The van der Waals surface area contributed by atoms with Crippen LogP contribution in [0.3, 0.4) is 0 Å². The first-order chi connectivity index (χ1) is 8.13. The van der Waals surface area contributed by atoms with Gasteiger partial charge in [0.05, 0.1) is 6.54 Å². The van der Waals surface area contributed by atoms with Crippen LogP contribution in [0.25, 0.3) is 0 Å². The summed E-state index contributed by atoms with van der Waals surface area (Å²) >= 11 is 0. The second-order valence-electron chi connectivity index (χ2n) is 4.55. The molecule has 1 aromatic carbocycles. The van der Waals surface area contributed by atoms with Crippen LogP contribution >= 0.6 is 0 Å². The zero-order valence-electron chi connectivity index (χ0n) is 10.9. The summed E-state index contributed by atoms with van der Waals surface area (Å²) in [5.41, 5.74) is 1.09. The second-order valence-corrected chi connectivity index (χ2v) is 4.55. The van der Waals surface area contributed by atoms with E-state index < -0.39 is 0 Å². The Kier molecular flexibility index (Phi) is 5.53. The average Bonchev–Trinajstić information content (AvgIpc) is 2.34. The number of carbonyl (C=O) groups excluding carboxylic acids is 1. The van der Waals surface area contributed by atoms with Crippen molar-refractivity contribution in [1.82, 2.24) is 5.32 Å². The molecule has 0 fully saturated rings. The Balaban J connectivity index is 2.50. The molecule has 1 aromatic rings. The van der Waals surface area contributed by atoms with Crippen LogP contribution in [-0.2, 0) is 4.79 Å². The summed E-state index contributed by atoms with van der Waals surface area (Å²) in [5, 5.41) is 2.94. The minimum absolute atomic E-state index is 0.0874. The Bertz CT molecular complexity index is 335. The second kappa shape index (κ2) is 6.94. The largest absolute Gasteiger partial charge is 0.363 e. The van der Waals surface area contributed by atoms with Crippen LogP contribution in [0.1, 0.15) is 20.8 Å². The zero-order valence-corrected chi connectivity index (χ0v) is 10.9. The van der Waals surface area contributed by atoms with Crippen molar-refractivity contribution in [3.63, 3.8) is 0 Å². The first-order valence-corrected chi connectivity index (χ1v) is 6.20. The lowest BCUT2D eigenvalue weighted by Crippen LogP contribution is -2.38. The van der Waals surface area contributed by atoms with Crippen molar-refractivity contribution >= 4 is 11.6 Å². The van der Waals surface area contributed by atoms with Gasteiger partial charge in [0.25, 0.3) is 0 Å². The lowest BCUT2D eigenvalue weighted by molar-refractivity contribution is -0.119. The summed E-state index contributed by atoms with van der Waals surface area (Å²) in [6.07, 6.45) is 0. The SMILES string of the molecule is CCN(CC(=O)NCC(C)C)c1ccccc1. The van der Waals surface area contributed by atoms with Gasteiger partial charge in [-0.15, -0.1) is 0 Å². The molecule has 17 heavy (non-hydrogen) atoms. The van der Waals surface area contributed by atoms with Crippen molar-refractivity contribution in [3.05, 3.63) is 30.3 Å². The first kappa shape index (κ1) is 13.6. The smallest absolute Gasteiger partial charge is 0.239 e. The fraction of sp³-hybridized carbons (Fsp3) is 0.500. The Labute approximate surface area is 104 Å². The number of likely N-dealkylation sites (N-methyl/N-ethyl adjacent to an activating group) is 1. The summed E-state index contributed by atoms with van der Waals surface area (Å²) < 4.78 is 0. The van der Waals surface area contributed by atoms with Crippen molar-refractivity contribution < 1.29 is 4.79 Å². The molecule has 0 radical (unpaired) electrons. The highest BCUT2D eigenvalue weighted by atomic mass is 16.2. The molecule has 0 heterocycles. The number of anilines is 1. The van der Waals surface area contributed by atoms with Gasteiger partial charge < -0.3 is 10.2 Å². The lowest BCUT2D eigenvalue weighted by Gasteiger charge is -2.22. The van der Waals surface area contributed by atoms with Gasteiger partial charge in [0.15, 0.2) is 0 Å². The van der Waals surface area contributed by atoms with Crippen LogP contribution in [0.5, 0.6) is 0 Å². The molecule has 94 valence electrons. The first-order valence-electron chi connectivity index (χ1n) is 6.20. The van der Waals surface area contributed by atoms with Crippen LogP contribution in [0.4, 0.5) is 5.69 Å². The van der Waals surface area contributed by atoms with Crippen LogP contribution < -0.4 is 10.2 Å². The van der Waals surface area contributed by atoms with Crippen LogP contribution in [0.2, 0.25) is 0 Å². The van der Waals surface area contributed by atoms with Crippen molar-refractivity contribution in [1.29, 1.82) is 0 Å². The average molecular weight is 234 g/mol. The predicted molar refractivity (Wildman–Crippen MR) is 72.2 cm³/mol. The normalized spacial score (nSPS) is 10.4. The molecule has 1 amide bonds. The quantitative estimate of drug-likeness (QED) is 0.819. The maximum absolute atomic E-state index is 11.7. The summed E-state index contributed by atoms with van der Waals surface area (Å²) in [5.74, 6) is 0.579. The molecule has 0 spiro atoms. The molecule has 3 nitrogen and oxygen atoms in total. The third-order valence-corrected chi connectivity index (χ3v) is 2.55. The van der Waals surface area contributed by atoms with E-state index in [1.165, 1.54) is 0 Å². The molecule has 0 aliphatic rings. The molecule has 0 aliphatic carbocycles. The fourth-order valence-corrected chi connectivity index (χ4v) is 1.57. The minimum atomic E-state index is 0.0874. The monoisotopic (exact) mass is 234 g/mol. The summed E-state index contributed by atoms with van der Waals surface area (Å²) in [6.45, 7) is 8.24. The zero-order chi connectivity index (χ0) is 12.7. The summed E-state index contributed by atoms with van der Waals surface area (Å²) in [4.78, 5) is 13.8. The van der Waals surface area contributed by atoms with E-state index in [1.54, 1.807) is 0 Å². The molecule has 0 saturated heterocycles. The Morgan fingerprint density at radius 2 is 1.94 bits per heavy atom. The van der Waals surface area contributed by atoms with Gasteiger partial charge in [0.2, 0.25) is 5.91 Å². The topological polar surface area (TPSA) is 32.3 Å². The van der Waals surface area contributed by atoms with Crippen LogP contribution in [0, 0.1) is 5.92 Å². The number of benzene rings is 1. The molecule has 0 unspecified atom stereocenters. The molecule has 0 saturated carbocycles. The maximum atomic E-state index is 11.7. The van der Waals surface area contributed by atoms with Crippen molar-refractivity contribution in [2.75, 3.05) is 24.5 Å². The van der Waals surface area contributed by atoms with E-state index in [9.17, 15) is 4.79 Å². The van der Waals surface area contributed by atoms with Gasteiger partial charge in [0.1, 0.15) is 0 Å². The van der Waals surface area contributed by atoms with Crippen molar-refractivity contribution in [2.45, 2.75) is 20.8 Å². The highest BCUT2D eigenvalue weighted by Crippen LogP contribution is 2.11. The molecule has 1 N–H and O–H groups in total. The molecule has 0 atom stereocenters. The van der Waals surface area contributed by atoms with Gasteiger partial charge in [-0.1, -0.05) is 32.0 Å². The Hall–Kier alpha value is -1.51. The molecular formula is C14H22N2O. The molecule has 0 aromatic heterocycles. The number of hydrogen-bond acceptors (Lipinski definition) is 2. The van der Waals surface area contributed by atoms with Gasteiger partial charge in [-0.3, -0.25) is 4.79 Å². The molecule has 3 heteroatoms. The highest BCUT2D eigenvalue weighted by molar-refractivity contribution is 5.81. The van der Waals surface area contributed by atoms with Crippen molar-refractivity contribution in [2.24, 2.45) is 5.92 Å². The number of hydrogen-bond donors (Lipinski definition) is 1. The van der Waals surface area contributed by atoms with Gasteiger partial charge in [-0.2, -0.15) is 0 Å². The molecule has 0 bridgehead atoms. The number of amides is 1. The lowest BCUT2D eigenvalue weighted by atomic mass is 10.2. The van der Waals surface area contributed by atoms with E-state index in [0.717, 1.165) is 18.8 Å². The van der Waals surface area contributed by atoms with E-state index >= 15 is 0 Å². The fourth-order valence-electron chi connectivity index (χ4n) is 1.57. The maximum Gasteiger partial charge on any atom is 0.239 e. The van der Waals surface area contributed by atoms with E-state index in [4.69, 9.17) is 0 Å². The number of rotatable bonds is 6. The van der Waals surface area contributed by atoms with E-state index in [-0.39, 0.29) is 5.91 Å². The summed E-state index contributed by atoms with van der Waals surface area (Å²) in [7, 11) is 0. The standard InChI is InChI=1S/C14H22N2O/c1-4-16(13-8-6-5-7-9-13)11-14(17)15-10-12(2)3/h5-9,12H,4,10-11H2,1-3H3,(H,15,17). The number of nitrogens with zero attached hydrogens (tertiary/aromatic N) is 1. The number of nitrogens with one attached hydrogen (secondary N) is 1. The van der Waals surface area contributed by atoms with E-state index in [0.29, 0.717) is 12.5 Å². The van der Waals surface area contributed by atoms with Gasteiger partial charge >= 0.3 is 0 Å². The Morgan fingerprint density at radius 3 is 2.47 bits per heavy atom. The van der Waals surface area contributed by atoms with Crippen LogP contribution in [-0.4, -0.2) is 25.5 Å². The number of carbonyl (C=O) groups is 1. The van der Waals surface area contributed by atoms with Gasteiger partial charge in [0, 0.05) is 18.8 Å². The third-order valence-electron chi connectivity index (χ3n) is 2.55. The van der Waals surface area contributed by atoms with E-state index in [1.807, 2.05) is 30.3 Å². The summed E-state index contributed by atoms with van der Waals surface area (Å²) in [6, 6.07) is 10.0. The Morgan fingerprint density at radius 1 is 1.29 bits per heavy atom. The van der Waals surface area contributed by atoms with Gasteiger partial charge in [-0.25, -0.2) is 0 Å². The molecule has 0 aliphatic heterocycles. The van der Waals surface area contributed by atoms with Gasteiger partial charge in [-0.05, 0) is 25.0 Å². The highest BCUT2D eigenvalue weighted by Gasteiger charge is 2.09. The molecule has 1 rings (SSSR count). The molecular weight excluding hydrogens is 212 g/mol. The van der Waals surface area contributed by atoms with Crippen LogP contribution in [0.15, 0.2) is 30.3 Å². The van der Waals surface area contributed by atoms with E-state index in [2.05, 4.69) is 31.0 Å². The predicted octanol–water partition coefficient (Wildman–Crippen LogP) is 2.29. The number of para-hydroxylation sites is 1. The van der Waals surface area contributed by atoms with Crippen molar-refractivity contribution in [3.8, 4) is 0 Å².